The topological polar surface area (TPSA) is 24.4 Å². The highest BCUT2D eigenvalue weighted by Gasteiger charge is 1.93. The van der Waals surface area contributed by atoms with E-state index in [9.17, 15) is 0 Å². The van der Waals surface area contributed by atoms with Gasteiger partial charge in [-0.15, -0.1) is 0 Å². The fourth-order valence-electron chi connectivity index (χ4n) is 0.759. The fourth-order valence-corrected chi connectivity index (χ4v) is 0.759. The summed E-state index contributed by atoms with van der Waals surface area (Å²) >= 11 is 0. The number of nitrogens with one attached hydrogen (secondary N) is 1. The Kier molecular flexibility index (Phi) is 6.07. The van der Waals surface area contributed by atoms with Gasteiger partial charge < -0.3 is 5.32 Å². The molecule has 0 rings (SSSR count). The van der Waals surface area contributed by atoms with Crippen LogP contribution in [0.2, 0.25) is 0 Å². The predicted octanol–water partition coefficient (Wildman–Crippen LogP) is 2.49. The maximum Gasteiger partial charge on any atom is 0.124 e. The summed E-state index contributed by atoms with van der Waals surface area (Å²) in [5.41, 5.74) is 1.28. The van der Waals surface area contributed by atoms with Crippen molar-refractivity contribution in [2.24, 2.45) is 4.99 Å². The van der Waals surface area contributed by atoms with E-state index in [0.717, 1.165) is 12.2 Å². The van der Waals surface area contributed by atoms with Gasteiger partial charge in [0.05, 0.1) is 0 Å². The highest BCUT2D eigenvalue weighted by atomic mass is 15.0. The first-order chi connectivity index (χ1) is 5.76. The molecule has 0 heterocycles. The van der Waals surface area contributed by atoms with Gasteiger partial charge in [0.2, 0.25) is 0 Å². The lowest BCUT2D eigenvalue weighted by Gasteiger charge is -2.03. The van der Waals surface area contributed by atoms with Gasteiger partial charge in [-0.05, 0) is 31.9 Å². The maximum absolute atomic E-state index is 4.26. The molecular weight excluding hydrogens is 148 g/mol. The predicted molar refractivity (Wildman–Crippen MR) is 55.4 cm³/mol. The van der Waals surface area contributed by atoms with Crippen molar-refractivity contribution in [2.75, 3.05) is 7.05 Å². The van der Waals surface area contributed by atoms with Crippen LogP contribution in [-0.2, 0) is 0 Å². The Bertz CT molecular complexity index is 200. The van der Waals surface area contributed by atoms with E-state index in [-0.39, 0.29) is 0 Å². The van der Waals surface area contributed by atoms with Crippen molar-refractivity contribution in [2.45, 2.75) is 27.2 Å². The van der Waals surface area contributed by atoms with Crippen molar-refractivity contribution < 1.29 is 0 Å². The Morgan fingerprint density at radius 1 is 1.50 bits per heavy atom. The van der Waals surface area contributed by atoms with E-state index in [4.69, 9.17) is 0 Å². The van der Waals surface area contributed by atoms with Gasteiger partial charge in [-0.25, -0.2) is 4.99 Å². The third-order valence-corrected chi connectivity index (χ3v) is 1.65. The summed E-state index contributed by atoms with van der Waals surface area (Å²) in [5.74, 6) is 0.968. The summed E-state index contributed by atoms with van der Waals surface area (Å²) in [6, 6.07) is 0. The first-order valence-electron chi connectivity index (χ1n) is 4.29. The molecule has 2 heteroatoms. The summed E-state index contributed by atoms with van der Waals surface area (Å²) in [6.07, 6.45) is 6.70. The molecule has 0 aromatic heterocycles. The van der Waals surface area contributed by atoms with E-state index < -0.39 is 0 Å². The van der Waals surface area contributed by atoms with Gasteiger partial charge in [0.15, 0.2) is 0 Å². The van der Waals surface area contributed by atoms with Gasteiger partial charge >= 0.3 is 0 Å². The Morgan fingerprint density at radius 3 is 2.58 bits per heavy atom. The number of aliphatic imine (C=N–C) groups is 1. The van der Waals surface area contributed by atoms with Crippen LogP contribution in [0.1, 0.15) is 27.2 Å². The Labute approximate surface area is 75.1 Å². The third kappa shape index (κ3) is 3.96. The average molecular weight is 166 g/mol. The molecule has 0 amide bonds. The monoisotopic (exact) mass is 166 g/mol. The van der Waals surface area contributed by atoms with Gasteiger partial charge in [0, 0.05) is 13.3 Å². The Hall–Kier alpha value is -1.05. The lowest BCUT2D eigenvalue weighted by molar-refractivity contribution is 0.904. The van der Waals surface area contributed by atoms with Crippen LogP contribution in [0.4, 0.5) is 0 Å². The number of allylic oxidation sites excluding steroid dienone is 3. The van der Waals surface area contributed by atoms with Crippen LogP contribution in [0, 0.1) is 0 Å². The second-order valence-electron chi connectivity index (χ2n) is 2.54. The first kappa shape index (κ1) is 11.0. The molecule has 0 aliphatic rings. The van der Waals surface area contributed by atoms with Crippen molar-refractivity contribution in [3.05, 3.63) is 23.5 Å². The number of nitrogens with zero attached hydrogens (tertiary/aromatic N) is 1. The van der Waals surface area contributed by atoms with Crippen molar-refractivity contribution in [1.82, 2.24) is 5.32 Å². The molecule has 1 N–H and O–H groups in total. The zero-order valence-electron chi connectivity index (χ0n) is 8.39. The molecule has 0 spiro atoms. The summed E-state index contributed by atoms with van der Waals surface area (Å²) in [4.78, 5) is 4.26. The van der Waals surface area contributed by atoms with E-state index in [1.165, 1.54) is 5.57 Å². The molecule has 68 valence electrons. The van der Waals surface area contributed by atoms with Crippen LogP contribution in [0.15, 0.2) is 28.5 Å². The summed E-state index contributed by atoms with van der Waals surface area (Å²) in [6.45, 7) is 6.18. The molecule has 0 aliphatic carbocycles. The van der Waals surface area contributed by atoms with Crippen LogP contribution in [0.5, 0.6) is 0 Å². The van der Waals surface area contributed by atoms with E-state index in [1.807, 2.05) is 26.1 Å². The molecule has 0 atom stereocenters. The lowest BCUT2D eigenvalue weighted by Crippen LogP contribution is -2.05. The highest BCUT2D eigenvalue weighted by Crippen LogP contribution is 2.04. The van der Waals surface area contributed by atoms with Crippen LogP contribution in [-0.4, -0.2) is 13.3 Å². The number of hydrogen-bond acceptors (Lipinski definition) is 2. The summed E-state index contributed by atoms with van der Waals surface area (Å²) in [5, 5.41) is 3.06. The minimum absolute atomic E-state index is 0.968. The zero-order chi connectivity index (χ0) is 9.40. The van der Waals surface area contributed by atoms with Crippen molar-refractivity contribution in [1.29, 1.82) is 0 Å². The summed E-state index contributed by atoms with van der Waals surface area (Å²) in [7, 11) is 1.89. The van der Waals surface area contributed by atoms with Gasteiger partial charge in [-0.3, -0.25) is 0 Å². The van der Waals surface area contributed by atoms with Crippen LogP contribution < -0.4 is 5.32 Å². The summed E-state index contributed by atoms with van der Waals surface area (Å²) < 4.78 is 0. The van der Waals surface area contributed by atoms with Crippen LogP contribution >= 0.6 is 0 Å². The zero-order valence-corrected chi connectivity index (χ0v) is 8.39. The fraction of sp³-hybridized carbons (Fsp3) is 0.500. The average Bonchev–Trinajstić information content (AvgIpc) is 2.11. The standard InChI is InChI=1S/C10H18N2/c1-5-7-8-12-10(11-4)9(3)6-2/h5,7-8,11H,6H2,1-4H3/b7-5-,10-9+,12-8-. The van der Waals surface area contributed by atoms with E-state index in [2.05, 4.69) is 24.2 Å². The van der Waals surface area contributed by atoms with E-state index in [1.54, 1.807) is 6.21 Å². The smallest absolute Gasteiger partial charge is 0.124 e. The van der Waals surface area contributed by atoms with Crippen molar-refractivity contribution >= 4 is 6.21 Å². The molecule has 0 aliphatic heterocycles. The molecule has 0 aromatic rings. The van der Waals surface area contributed by atoms with Gasteiger partial charge in [0.25, 0.3) is 0 Å². The van der Waals surface area contributed by atoms with Crippen molar-refractivity contribution in [3.63, 3.8) is 0 Å². The minimum Gasteiger partial charge on any atom is -0.373 e. The number of hydrogen-bond donors (Lipinski definition) is 1. The molecule has 12 heavy (non-hydrogen) atoms. The maximum atomic E-state index is 4.26. The van der Waals surface area contributed by atoms with Crippen molar-refractivity contribution in [3.8, 4) is 0 Å². The molecular formula is C10H18N2. The molecule has 0 saturated heterocycles. The van der Waals surface area contributed by atoms with Gasteiger partial charge in [0.1, 0.15) is 5.82 Å². The molecule has 0 radical (unpaired) electrons. The largest absolute Gasteiger partial charge is 0.373 e. The van der Waals surface area contributed by atoms with Gasteiger partial charge in [-0.1, -0.05) is 13.0 Å². The Balaban J connectivity index is 4.36. The normalized spacial score (nSPS) is 14.0. The lowest BCUT2D eigenvalue weighted by atomic mass is 10.2. The van der Waals surface area contributed by atoms with E-state index >= 15 is 0 Å². The highest BCUT2D eigenvalue weighted by molar-refractivity contribution is 5.71. The molecule has 0 aromatic carbocycles. The SMILES string of the molecule is C\C=C/C=N\C(NC)=C(/C)CC. The molecule has 0 unspecified atom stereocenters. The van der Waals surface area contributed by atoms with Crippen LogP contribution in [0.25, 0.3) is 0 Å². The van der Waals surface area contributed by atoms with Crippen LogP contribution in [0.3, 0.4) is 0 Å². The number of rotatable bonds is 4. The van der Waals surface area contributed by atoms with Gasteiger partial charge in [-0.2, -0.15) is 0 Å². The second-order valence-corrected chi connectivity index (χ2v) is 2.54. The molecule has 0 fully saturated rings. The van der Waals surface area contributed by atoms with E-state index in [0.29, 0.717) is 0 Å². The Morgan fingerprint density at radius 2 is 2.17 bits per heavy atom. The molecule has 0 bridgehead atoms. The molecule has 2 nitrogen and oxygen atoms in total. The first-order valence-corrected chi connectivity index (χ1v) is 4.29. The second kappa shape index (κ2) is 6.65. The third-order valence-electron chi connectivity index (χ3n) is 1.65. The minimum atomic E-state index is 0.968. The molecule has 0 saturated carbocycles. The quantitative estimate of drug-likeness (QED) is 0.637.